The molecule has 0 spiro atoms. The van der Waals surface area contributed by atoms with Crippen LogP contribution >= 0.6 is 0 Å². The maximum Gasteiger partial charge on any atom is 0.273 e. The van der Waals surface area contributed by atoms with Crippen molar-refractivity contribution in [1.82, 2.24) is 10.4 Å². The number of rotatable bonds is 2. The number of hydrogen-bond acceptors (Lipinski definition) is 4. The van der Waals surface area contributed by atoms with Gasteiger partial charge >= 0.3 is 0 Å². The molecule has 2 rings (SSSR count). The zero-order valence-electron chi connectivity index (χ0n) is 8.65. The number of nitrogens with zero attached hydrogens (tertiary/aromatic N) is 2. The molecule has 0 saturated carbocycles. The Bertz CT molecular complexity index is 481. The van der Waals surface area contributed by atoms with Crippen molar-refractivity contribution in [2.45, 2.75) is 13.3 Å². The second-order valence-corrected chi connectivity index (χ2v) is 3.44. The number of hydrazone groups is 1. The Morgan fingerprint density at radius 3 is 3.00 bits per heavy atom. The lowest BCUT2D eigenvalue weighted by Gasteiger charge is -2.03. The second-order valence-electron chi connectivity index (χ2n) is 3.44. The zero-order chi connectivity index (χ0) is 11.5. The van der Waals surface area contributed by atoms with Gasteiger partial charge in [0.25, 0.3) is 5.91 Å². The number of carbonyl (C=O) groups is 2. The first-order valence-corrected chi connectivity index (χ1v) is 4.74. The van der Waals surface area contributed by atoms with Crippen molar-refractivity contribution in [1.29, 1.82) is 0 Å². The molecular formula is C10H10N4O2. The third-order valence-corrected chi connectivity index (χ3v) is 2.06. The summed E-state index contributed by atoms with van der Waals surface area (Å²) in [6, 6.07) is 3.57. The first-order valence-electron chi connectivity index (χ1n) is 4.74. The van der Waals surface area contributed by atoms with Gasteiger partial charge in [-0.1, -0.05) is 0 Å². The van der Waals surface area contributed by atoms with Gasteiger partial charge in [-0.25, -0.2) is 10.4 Å². The van der Waals surface area contributed by atoms with Crippen LogP contribution in [0.4, 0.5) is 5.82 Å². The number of aromatic nitrogens is 1. The average Bonchev–Trinajstić information content (AvgIpc) is 2.65. The van der Waals surface area contributed by atoms with Crippen molar-refractivity contribution < 1.29 is 9.59 Å². The van der Waals surface area contributed by atoms with Gasteiger partial charge in [0.2, 0.25) is 5.91 Å². The fourth-order valence-corrected chi connectivity index (χ4v) is 1.29. The van der Waals surface area contributed by atoms with Gasteiger partial charge in [0.15, 0.2) is 0 Å². The van der Waals surface area contributed by atoms with E-state index in [1.807, 2.05) is 13.0 Å². The van der Waals surface area contributed by atoms with Crippen molar-refractivity contribution in [2.75, 3.05) is 5.32 Å². The van der Waals surface area contributed by atoms with E-state index < -0.39 is 5.91 Å². The van der Waals surface area contributed by atoms with Gasteiger partial charge in [0, 0.05) is 6.20 Å². The summed E-state index contributed by atoms with van der Waals surface area (Å²) in [5, 5.41) is 6.18. The van der Waals surface area contributed by atoms with Gasteiger partial charge in [-0.3, -0.25) is 9.59 Å². The monoisotopic (exact) mass is 218 g/mol. The zero-order valence-corrected chi connectivity index (χ0v) is 8.65. The number of anilines is 1. The smallest absolute Gasteiger partial charge is 0.273 e. The second kappa shape index (κ2) is 4.09. The van der Waals surface area contributed by atoms with Gasteiger partial charge in [-0.15, -0.1) is 0 Å². The highest BCUT2D eigenvalue weighted by Gasteiger charge is 2.21. The molecule has 2 heterocycles. The molecular weight excluding hydrogens is 208 g/mol. The van der Waals surface area contributed by atoms with Gasteiger partial charge in [-0.2, -0.15) is 5.10 Å². The Morgan fingerprint density at radius 2 is 2.38 bits per heavy atom. The summed E-state index contributed by atoms with van der Waals surface area (Å²) >= 11 is 0. The van der Waals surface area contributed by atoms with E-state index in [2.05, 4.69) is 20.8 Å². The van der Waals surface area contributed by atoms with Crippen LogP contribution in [0.15, 0.2) is 23.4 Å². The van der Waals surface area contributed by atoms with Crippen molar-refractivity contribution >= 4 is 23.3 Å². The first kappa shape index (κ1) is 10.3. The van der Waals surface area contributed by atoms with Gasteiger partial charge in [0.05, 0.1) is 6.42 Å². The highest BCUT2D eigenvalue weighted by atomic mass is 16.2. The van der Waals surface area contributed by atoms with Crippen LogP contribution in [-0.2, 0) is 9.59 Å². The molecule has 0 unspecified atom stereocenters. The number of aryl methyl sites for hydroxylation is 1. The molecule has 1 aliphatic rings. The molecule has 16 heavy (non-hydrogen) atoms. The molecule has 0 atom stereocenters. The summed E-state index contributed by atoms with van der Waals surface area (Å²) in [7, 11) is 0. The fourth-order valence-electron chi connectivity index (χ4n) is 1.29. The molecule has 1 aliphatic heterocycles. The number of amides is 2. The van der Waals surface area contributed by atoms with E-state index in [0.29, 0.717) is 5.82 Å². The van der Waals surface area contributed by atoms with E-state index in [9.17, 15) is 9.59 Å². The minimum atomic E-state index is -0.406. The Hall–Kier alpha value is -2.24. The summed E-state index contributed by atoms with van der Waals surface area (Å²) < 4.78 is 0. The van der Waals surface area contributed by atoms with Crippen molar-refractivity contribution in [3.05, 3.63) is 23.9 Å². The SMILES string of the molecule is Cc1ccnc(NC(=O)C2=NNC(=O)C2)c1. The highest BCUT2D eigenvalue weighted by Crippen LogP contribution is 2.06. The Balaban J connectivity index is 2.05. The largest absolute Gasteiger partial charge is 0.305 e. The normalized spacial score (nSPS) is 14.3. The molecule has 0 aromatic carbocycles. The summed E-state index contributed by atoms with van der Waals surface area (Å²) in [4.78, 5) is 26.4. The van der Waals surface area contributed by atoms with E-state index in [-0.39, 0.29) is 18.0 Å². The predicted molar refractivity (Wildman–Crippen MR) is 57.8 cm³/mol. The molecule has 82 valence electrons. The maximum atomic E-state index is 11.6. The van der Waals surface area contributed by atoms with Crippen LogP contribution in [0.25, 0.3) is 0 Å². The van der Waals surface area contributed by atoms with E-state index >= 15 is 0 Å². The van der Waals surface area contributed by atoms with Crippen LogP contribution in [-0.4, -0.2) is 22.5 Å². The van der Waals surface area contributed by atoms with Crippen LogP contribution in [0.5, 0.6) is 0 Å². The van der Waals surface area contributed by atoms with E-state index in [4.69, 9.17) is 0 Å². The molecule has 1 aromatic heterocycles. The third kappa shape index (κ3) is 2.22. The summed E-state index contributed by atoms with van der Waals surface area (Å²) in [5.41, 5.74) is 3.38. The molecule has 0 saturated heterocycles. The third-order valence-electron chi connectivity index (χ3n) is 2.06. The van der Waals surface area contributed by atoms with Crippen molar-refractivity contribution in [3.63, 3.8) is 0 Å². The number of hydrogen-bond donors (Lipinski definition) is 2. The molecule has 0 radical (unpaired) electrons. The van der Waals surface area contributed by atoms with Crippen LogP contribution in [0.1, 0.15) is 12.0 Å². The first-order chi connectivity index (χ1) is 7.65. The van der Waals surface area contributed by atoms with Gasteiger partial charge < -0.3 is 5.32 Å². The van der Waals surface area contributed by atoms with E-state index in [0.717, 1.165) is 5.56 Å². The quantitative estimate of drug-likeness (QED) is 0.744. The van der Waals surface area contributed by atoms with Crippen LogP contribution in [0, 0.1) is 6.92 Å². The molecule has 1 aromatic rings. The predicted octanol–water partition coefficient (Wildman–Crippen LogP) is 0.204. The van der Waals surface area contributed by atoms with Gasteiger partial charge in [0.1, 0.15) is 11.5 Å². The maximum absolute atomic E-state index is 11.6. The summed E-state index contributed by atoms with van der Waals surface area (Å²) in [5.74, 6) is -0.231. The summed E-state index contributed by atoms with van der Waals surface area (Å²) in [6.07, 6.45) is 1.61. The topological polar surface area (TPSA) is 83.4 Å². The van der Waals surface area contributed by atoms with Crippen molar-refractivity contribution in [2.24, 2.45) is 5.10 Å². The number of nitrogens with one attached hydrogen (secondary N) is 2. The molecule has 6 heteroatoms. The minimum absolute atomic E-state index is 0.0116. The van der Waals surface area contributed by atoms with Crippen LogP contribution in [0.2, 0.25) is 0 Å². The molecule has 0 fully saturated rings. The fraction of sp³-hybridized carbons (Fsp3) is 0.200. The summed E-state index contributed by atoms with van der Waals surface area (Å²) in [6.45, 7) is 1.90. The van der Waals surface area contributed by atoms with Crippen LogP contribution in [0.3, 0.4) is 0 Å². The van der Waals surface area contributed by atoms with Crippen molar-refractivity contribution in [3.8, 4) is 0 Å². The minimum Gasteiger partial charge on any atom is -0.305 e. The molecule has 0 aliphatic carbocycles. The lowest BCUT2D eigenvalue weighted by Crippen LogP contribution is -2.22. The number of pyridine rings is 1. The molecule has 6 nitrogen and oxygen atoms in total. The molecule has 2 amide bonds. The van der Waals surface area contributed by atoms with Gasteiger partial charge in [-0.05, 0) is 24.6 Å². The van der Waals surface area contributed by atoms with E-state index in [1.165, 1.54) is 0 Å². The Labute approximate surface area is 91.8 Å². The lowest BCUT2D eigenvalue weighted by molar-refractivity contribution is -0.119. The average molecular weight is 218 g/mol. The highest BCUT2D eigenvalue weighted by molar-refractivity contribution is 6.46. The van der Waals surface area contributed by atoms with E-state index in [1.54, 1.807) is 12.3 Å². The molecule has 2 N–H and O–H groups in total. The van der Waals surface area contributed by atoms with Crippen LogP contribution < -0.4 is 10.7 Å². The molecule has 0 bridgehead atoms. The lowest BCUT2D eigenvalue weighted by atomic mass is 10.2. The standard InChI is InChI=1S/C10H10N4O2/c1-6-2-3-11-8(4-6)12-10(16)7-5-9(15)14-13-7/h2-4H,5H2,1H3,(H,14,15)(H,11,12,16). The Morgan fingerprint density at radius 1 is 1.56 bits per heavy atom. The Kier molecular flexibility index (Phi) is 2.63. The number of carbonyl (C=O) groups excluding carboxylic acids is 2.